The Morgan fingerprint density at radius 1 is 0.914 bits per heavy atom. The van der Waals surface area contributed by atoms with Crippen LogP contribution in [-0.4, -0.2) is 105 Å². The summed E-state index contributed by atoms with van der Waals surface area (Å²) in [6.45, 7) is 10.7. The van der Waals surface area contributed by atoms with Crippen LogP contribution in [0.3, 0.4) is 0 Å². The highest BCUT2D eigenvalue weighted by atomic mass is 32.1. The number of ether oxygens (including phenoxy) is 3. The van der Waals surface area contributed by atoms with Crippen molar-refractivity contribution >= 4 is 63.7 Å². The van der Waals surface area contributed by atoms with Gasteiger partial charge in [-0.2, -0.15) is 31.6 Å². The van der Waals surface area contributed by atoms with Crippen LogP contribution in [-0.2, 0) is 38.0 Å². The number of nitrogens with zero attached hydrogens (tertiary/aromatic N) is 6. The Kier molecular flexibility index (Phi) is 19.1. The molecule has 3 aromatic carbocycles. The van der Waals surface area contributed by atoms with Crippen molar-refractivity contribution in [3.63, 3.8) is 0 Å². The van der Waals surface area contributed by atoms with Crippen molar-refractivity contribution in [3.8, 4) is 28.1 Å². The van der Waals surface area contributed by atoms with Gasteiger partial charge in [-0.15, -0.1) is 11.3 Å². The SMILES string of the molecule is Cc1ncsc1-c1ccc(CNC(=O)[C@@H]2C[C@@H](O)CN2C(=O)[C@@H](NC(=O)c2ccc(OCCCOCCCCCOc3ncc(N4C(=S)N(c5ccc(C#N)c(C(F)(F)F)c5F)C(=O)C4(C)C)cc3C(F)(F)F)cc2)C(C)(C)C)cc1. The summed E-state index contributed by atoms with van der Waals surface area (Å²) in [5.74, 6) is -4.74. The van der Waals surface area contributed by atoms with E-state index in [1.54, 1.807) is 61.9 Å². The lowest BCUT2D eigenvalue weighted by Gasteiger charge is -2.35. The van der Waals surface area contributed by atoms with Crippen LogP contribution in [0.25, 0.3) is 10.4 Å². The van der Waals surface area contributed by atoms with E-state index in [0.29, 0.717) is 61.7 Å². The third kappa shape index (κ3) is 14.3. The summed E-state index contributed by atoms with van der Waals surface area (Å²) in [6.07, 6.45) is -8.39. The predicted octanol–water partition coefficient (Wildman–Crippen LogP) is 9.94. The first-order valence-electron chi connectivity index (χ1n) is 25.7. The fraction of sp³-hybridized carbons (Fsp3) is 0.429. The second-order valence-corrected chi connectivity index (χ2v) is 22.1. The molecule has 2 aliphatic heterocycles. The molecule has 0 spiro atoms. The number of aryl methyl sites for hydroxylation is 1. The highest BCUT2D eigenvalue weighted by Gasteiger charge is 2.53. The number of likely N-dealkylation sites (tertiary alicyclic amines) is 1. The quantitative estimate of drug-likeness (QED) is 0.0357. The van der Waals surface area contributed by atoms with Gasteiger partial charge in [0.1, 0.15) is 34.5 Å². The van der Waals surface area contributed by atoms with Gasteiger partial charge in [-0.25, -0.2) is 14.4 Å². The minimum atomic E-state index is -5.33. The number of unbranched alkanes of at least 4 members (excludes halogenated alkanes) is 2. The number of nitriles is 1. The fourth-order valence-electron chi connectivity index (χ4n) is 9.23. The Hall–Kier alpha value is -7.27. The van der Waals surface area contributed by atoms with E-state index < -0.39 is 104 Å². The monoisotopic (exact) mass is 1170 g/mol. The second-order valence-electron chi connectivity index (χ2n) is 20.9. The lowest BCUT2D eigenvalue weighted by Crippen LogP contribution is -2.57. The van der Waals surface area contributed by atoms with Crippen molar-refractivity contribution in [2.45, 2.75) is 116 Å². The Morgan fingerprint density at radius 3 is 2.21 bits per heavy atom. The molecule has 0 saturated carbocycles. The predicted molar refractivity (Wildman–Crippen MR) is 290 cm³/mol. The van der Waals surface area contributed by atoms with Crippen LogP contribution in [0.4, 0.5) is 42.1 Å². The number of carbonyl (C=O) groups excluding carboxylic acids is 4. The highest BCUT2D eigenvalue weighted by molar-refractivity contribution is 7.81. The zero-order valence-corrected chi connectivity index (χ0v) is 46.6. The van der Waals surface area contributed by atoms with E-state index >= 15 is 4.39 Å². The first-order valence-corrected chi connectivity index (χ1v) is 27.0. The molecule has 4 heterocycles. The molecule has 2 saturated heterocycles. The van der Waals surface area contributed by atoms with E-state index in [2.05, 4.69) is 20.6 Å². The number of pyridine rings is 1. The Balaban J connectivity index is 0.822. The molecule has 432 valence electrons. The van der Waals surface area contributed by atoms with Crippen molar-refractivity contribution in [3.05, 3.63) is 118 Å². The number of hydrogen-bond donors (Lipinski definition) is 3. The van der Waals surface area contributed by atoms with E-state index in [4.69, 9.17) is 31.7 Å². The third-order valence-electron chi connectivity index (χ3n) is 13.5. The van der Waals surface area contributed by atoms with Crippen LogP contribution in [0.5, 0.6) is 11.6 Å². The number of thiazole rings is 1. The molecule has 0 unspecified atom stereocenters. The minimum absolute atomic E-state index is 0.0465. The van der Waals surface area contributed by atoms with Crippen LogP contribution in [0, 0.1) is 29.5 Å². The molecule has 3 N–H and O–H groups in total. The number of aliphatic hydroxyl groups is 1. The summed E-state index contributed by atoms with van der Waals surface area (Å²) in [6, 6.07) is 15.4. The molecule has 16 nitrogen and oxygen atoms in total. The summed E-state index contributed by atoms with van der Waals surface area (Å²) < 4.78 is 117. The summed E-state index contributed by atoms with van der Waals surface area (Å²) in [5, 5.41) is 24.9. The largest absolute Gasteiger partial charge is 0.494 e. The van der Waals surface area contributed by atoms with Gasteiger partial charge in [0.15, 0.2) is 10.9 Å². The van der Waals surface area contributed by atoms with Crippen molar-refractivity contribution in [1.29, 1.82) is 5.26 Å². The first kappa shape index (κ1) is 61.4. The molecule has 0 bridgehead atoms. The molecule has 2 aliphatic rings. The third-order valence-corrected chi connectivity index (χ3v) is 14.8. The number of benzene rings is 3. The van der Waals surface area contributed by atoms with Gasteiger partial charge in [0, 0.05) is 44.7 Å². The van der Waals surface area contributed by atoms with Crippen LogP contribution in [0.15, 0.2) is 78.4 Å². The van der Waals surface area contributed by atoms with Crippen LogP contribution < -0.4 is 29.9 Å². The average Bonchev–Trinajstić information content (AvgIpc) is 3.77. The molecule has 25 heteroatoms. The Bertz CT molecular complexity index is 3160. The summed E-state index contributed by atoms with van der Waals surface area (Å²) in [5.41, 5.74) is -3.36. The number of alkyl halides is 6. The fourth-order valence-corrected chi connectivity index (χ4v) is 10.6. The number of nitrogens with one attached hydrogen (secondary N) is 2. The molecule has 2 fully saturated rings. The van der Waals surface area contributed by atoms with Crippen LogP contribution >= 0.6 is 23.6 Å². The number of aromatic nitrogens is 2. The number of aliphatic hydroxyl groups excluding tert-OH is 1. The van der Waals surface area contributed by atoms with E-state index in [-0.39, 0.29) is 44.0 Å². The first-order chi connectivity index (χ1) is 38.1. The average molecular weight is 1170 g/mol. The molecule has 2 aromatic heterocycles. The van der Waals surface area contributed by atoms with Gasteiger partial charge in [-0.3, -0.25) is 24.1 Å². The van der Waals surface area contributed by atoms with Gasteiger partial charge in [-0.05, 0) is 111 Å². The number of carbonyl (C=O) groups is 4. The van der Waals surface area contributed by atoms with Crippen molar-refractivity contribution < 1.29 is 69.2 Å². The minimum Gasteiger partial charge on any atom is -0.494 e. The van der Waals surface area contributed by atoms with E-state index in [0.717, 1.165) is 38.9 Å². The maximum absolute atomic E-state index is 15.4. The van der Waals surface area contributed by atoms with Crippen molar-refractivity contribution in [2.75, 3.05) is 42.8 Å². The van der Waals surface area contributed by atoms with Crippen LogP contribution in [0.1, 0.15) is 105 Å². The summed E-state index contributed by atoms with van der Waals surface area (Å²) >= 11 is 6.90. The van der Waals surface area contributed by atoms with Gasteiger partial charge < -0.3 is 39.8 Å². The van der Waals surface area contributed by atoms with E-state index in [1.165, 1.54) is 24.8 Å². The lowest BCUT2D eigenvalue weighted by molar-refractivity contribution is -0.142. The Labute approximate surface area is 472 Å². The maximum atomic E-state index is 15.4. The molecular weight excluding hydrogens is 1110 g/mol. The van der Waals surface area contributed by atoms with Crippen molar-refractivity contribution in [1.82, 2.24) is 25.5 Å². The standard InChI is InChI=1S/C56H59F7N8O8S2/c1-32-45(81-31-67-32)34-13-11-33(12-14-34)28-65-48(74)42-26-38(72)30-69(42)50(75)46(53(2,3)4)68-47(73)35-15-18-39(19-16-35)78-24-10-22-77-21-8-7-9-23-79-49-40(55(58,59)60)25-37(29-66-49)71-52(80)70(51(76)54(71,5)6)41-20-17-36(27-64)43(44(41)57)56(61,62)63/h11-20,25,29,31,38,42,46,72H,7-10,21-24,26,28,30H2,1-6H3,(H,65,74)(H,68,73)/t38-,42+,46-/m1/s1. The lowest BCUT2D eigenvalue weighted by atomic mass is 9.85. The molecule has 5 aromatic rings. The number of hydrogen-bond acceptors (Lipinski definition) is 13. The molecule has 0 aliphatic carbocycles. The number of rotatable bonds is 21. The van der Waals surface area contributed by atoms with Gasteiger partial charge in [-0.1, -0.05) is 45.0 Å². The number of amides is 4. The number of β-amino-alcohol motifs (C(OH)–C–C–N with tert-alkyl or cyclic N) is 1. The normalized spacial score (nSPS) is 16.8. The van der Waals surface area contributed by atoms with Crippen LogP contribution in [0.2, 0.25) is 0 Å². The summed E-state index contributed by atoms with van der Waals surface area (Å²) in [7, 11) is 0. The highest BCUT2D eigenvalue weighted by Crippen LogP contribution is 2.44. The van der Waals surface area contributed by atoms with Gasteiger partial charge in [0.05, 0.1) is 64.6 Å². The molecule has 81 heavy (non-hydrogen) atoms. The summed E-state index contributed by atoms with van der Waals surface area (Å²) in [4.78, 5) is 66.7. The van der Waals surface area contributed by atoms with Gasteiger partial charge in [0.2, 0.25) is 17.7 Å². The molecular formula is C56H59F7N8O8S2. The molecule has 4 amide bonds. The maximum Gasteiger partial charge on any atom is 0.421 e. The second kappa shape index (κ2) is 25.3. The zero-order chi connectivity index (χ0) is 59.2. The van der Waals surface area contributed by atoms with E-state index in [9.17, 15) is 50.6 Å². The molecule has 0 radical (unpaired) electrons. The molecule has 3 atom stereocenters. The smallest absolute Gasteiger partial charge is 0.421 e. The van der Waals surface area contributed by atoms with Gasteiger partial charge in [0.25, 0.3) is 11.8 Å². The van der Waals surface area contributed by atoms with E-state index in [1.807, 2.05) is 31.2 Å². The zero-order valence-electron chi connectivity index (χ0n) is 45.0. The molecule has 7 rings (SSSR count). The number of thiocarbonyl (C=S) groups is 1. The topological polar surface area (TPSA) is 200 Å². The van der Waals surface area contributed by atoms with Crippen molar-refractivity contribution in [2.24, 2.45) is 5.41 Å². The van der Waals surface area contributed by atoms with Gasteiger partial charge >= 0.3 is 12.4 Å². The number of halogens is 7. The Morgan fingerprint density at radius 2 is 1.58 bits per heavy atom. The number of anilines is 2.